The Bertz CT molecular complexity index is 317. The van der Waals surface area contributed by atoms with Gasteiger partial charge in [-0.1, -0.05) is 6.08 Å². The van der Waals surface area contributed by atoms with Crippen LogP contribution in [0.25, 0.3) is 0 Å². The van der Waals surface area contributed by atoms with E-state index in [0.29, 0.717) is 6.54 Å². The highest BCUT2D eigenvalue weighted by atomic mass is 16.4. The van der Waals surface area contributed by atoms with E-state index >= 15 is 0 Å². The zero-order valence-electron chi connectivity index (χ0n) is 8.81. The topological polar surface area (TPSA) is 56.3 Å². The quantitative estimate of drug-likeness (QED) is 0.689. The number of nitrogens with zero attached hydrogens (tertiary/aromatic N) is 1. The molecule has 1 rings (SSSR count). The number of aromatic nitrogens is 1. The lowest BCUT2D eigenvalue weighted by atomic mass is 10.3. The molecule has 0 spiro atoms. The zero-order chi connectivity index (χ0) is 11.1. The normalized spacial score (nSPS) is 11.3. The fourth-order valence-electron chi connectivity index (χ4n) is 1.26. The monoisotopic (exact) mass is 208 g/mol. The molecule has 0 fully saturated rings. The molecule has 0 radical (unpaired) electrons. The summed E-state index contributed by atoms with van der Waals surface area (Å²) in [7, 11) is 1.97. The number of carboxylic acid groups (broad SMARTS) is 1. The van der Waals surface area contributed by atoms with E-state index in [1.807, 2.05) is 25.4 Å². The number of carbonyl (C=O) groups is 1. The number of H-pyrrole nitrogens is 1. The molecular formula is C11H16N2O2. The van der Waals surface area contributed by atoms with Gasteiger partial charge >= 0.3 is 5.97 Å². The number of rotatable bonds is 6. The maximum Gasteiger partial charge on any atom is 0.328 e. The second kappa shape index (κ2) is 6.03. The number of hydrogen-bond acceptors (Lipinski definition) is 2. The van der Waals surface area contributed by atoms with Gasteiger partial charge in [0.15, 0.2) is 0 Å². The molecule has 0 saturated heterocycles. The van der Waals surface area contributed by atoms with Crippen LogP contribution in [0, 0.1) is 0 Å². The summed E-state index contributed by atoms with van der Waals surface area (Å²) in [5.41, 5.74) is 1.20. The van der Waals surface area contributed by atoms with E-state index in [-0.39, 0.29) is 0 Å². The summed E-state index contributed by atoms with van der Waals surface area (Å²) in [6.07, 6.45) is 5.67. The largest absolute Gasteiger partial charge is 0.478 e. The van der Waals surface area contributed by atoms with Crippen LogP contribution in [0.5, 0.6) is 0 Å². The predicted octanol–water partition coefficient (Wildman–Crippen LogP) is 1.13. The summed E-state index contributed by atoms with van der Waals surface area (Å²) in [5.74, 6) is -0.896. The van der Waals surface area contributed by atoms with Crippen LogP contribution in [-0.4, -0.2) is 41.1 Å². The molecule has 1 aromatic rings. The summed E-state index contributed by atoms with van der Waals surface area (Å²) >= 11 is 0. The molecule has 2 N–H and O–H groups in total. The fourth-order valence-corrected chi connectivity index (χ4v) is 1.26. The van der Waals surface area contributed by atoms with Crippen molar-refractivity contribution in [1.29, 1.82) is 0 Å². The Balaban J connectivity index is 2.19. The van der Waals surface area contributed by atoms with Crippen LogP contribution in [0.2, 0.25) is 0 Å². The first-order valence-electron chi connectivity index (χ1n) is 4.89. The van der Waals surface area contributed by atoms with Gasteiger partial charge in [0.25, 0.3) is 0 Å². The van der Waals surface area contributed by atoms with Crippen LogP contribution in [0.3, 0.4) is 0 Å². The maximum absolute atomic E-state index is 10.2. The van der Waals surface area contributed by atoms with Crippen molar-refractivity contribution in [1.82, 2.24) is 9.88 Å². The van der Waals surface area contributed by atoms with Gasteiger partial charge in [0.1, 0.15) is 0 Å². The average molecular weight is 208 g/mol. The molecule has 0 unspecified atom stereocenters. The summed E-state index contributed by atoms with van der Waals surface area (Å²) in [6, 6.07) is 4.01. The van der Waals surface area contributed by atoms with E-state index in [0.717, 1.165) is 13.0 Å². The van der Waals surface area contributed by atoms with Gasteiger partial charge in [-0.15, -0.1) is 0 Å². The van der Waals surface area contributed by atoms with E-state index < -0.39 is 5.97 Å². The maximum atomic E-state index is 10.2. The Hall–Kier alpha value is -1.55. The molecule has 4 nitrogen and oxygen atoms in total. The first-order chi connectivity index (χ1) is 7.18. The van der Waals surface area contributed by atoms with Gasteiger partial charge in [0.05, 0.1) is 0 Å². The van der Waals surface area contributed by atoms with Crippen LogP contribution in [0.4, 0.5) is 0 Å². The second-order valence-electron chi connectivity index (χ2n) is 3.45. The molecule has 1 aromatic heterocycles. The molecule has 4 heteroatoms. The second-order valence-corrected chi connectivity index (χ2v) is 3.45. The van der Waals surface area contributed by atoms with E-state index in [1.165, 1.54) is 11.8 Å². The lowest BCUT2D eigenvalue weighted by Gasteiger charge is -2.12. The fraction of sp³-hybridized carbons (Fsp3) is 0.364. The highest BCUT2D eigenvalue weighted by molar-refractivity contribution is 5.79. The Morgan fingerprint density at radius 1 is 1.67 bits per heavy atom. The van der Waals surface area contributed by atoms with Crippen LogP contribution in [-0.2, 0) is 11.2 Å². The molecule has 0 aliphatic carbocycles. The minimum atomic E-state index is -0.896. The summed E-state index contributed by atoms with van der Waals surface area (Å²) in [4.78, 5) is 15.4. The smallest absolute Gasteiger partial charge is 0.328 e. The molecule has 1 heterocycles. The van der Waals surface area contributed by atoms with Crippen molar-refractivity contribution in [3.05, 3.63) is 36.2 Å². The minimum absolute atomic E-state index is 0.660. The molecule has 0 aliphatic heterocycles. The summed E-state index contributed by atoms with van der Waals surface area (Å²) in [6.45, 7) is 1.57. The molecule has 0 aliphatic rings. The van der Waals surface area contributed by atoms with Gasteiger partial charge in [-0.2, -0.15) is 0 Å². The Kier molecular flexibility index (Phi) is 4.63. The Morgan fingerprint density at radius 3 is 3.07 bits per heavy atom. The highest BCUT2D eigenvalue weighted by Gasteiger charge is 1.97. The third-order valence-corrected chi connectivity index (χ3v) is 2.10. The summed E-state index contributed by atoms with van der Waals surface area (Å²) < 4.78 is 0. The van der Waals surface area contributed by atoms with Gasteiger partial charge in [0, 0.05) is 37.5 Å². The molecule has 0 saturated carbocycles. The molecule has 0 atom stereocenters. The summed E-state index contributed by atoms with van der Waals surface area (Å²) in [5, 5.41) is 8.40. The molecule has 82 valence electrons. The number of likely N-dealkylation sites (N-methyl/N-ethyl adjacent to an activating group) is 1. The van der Waals surface area contributed by atoms with E-state index in [9.17, 15) is 4.79 Å². The molecule has 15 heavy (non-hydrogen) atoms. The molecule has 0 bridgehead atoms. The van der Waals surface area contributed by atoms with Crippen LogP contribution in [0.15, 0.2) is 30.5 Å². The van der Waals surface area contributed by atoms with Gasteiger partial charge < -0.3 is 15.0 Å². The van der Waals surface area contributed by atoms with E-state index in [2.05, 4.69) is 9.88 Å². The minimum Gasteiger partial charge on any atom is -0.478 e. The van der Waals surface area contributed by atoms with Gasteiger partial charge in [-0.05, 0) is 19.2 Å². The van der Waals surface area contributed by atoms with Crippen molar-refractivity contribution >= 4 is 5.97 Å². The predicted molar refractivity (Wildman–Crippen MR) is 58.8 cm³/mol. The number of hydrogen-bond donors (Lipinski definition) is 2. The third kappa shape index (κ3) is 5.02. The number of carboxylic acids is 1. The van der Waals surface area contributed by atoms with Crippen molar-refractivity contribution in [2.24, 2.45) is 0 Å². The van der Waals surface area contributed by atoms with Crippen molar-refractivity contribution in [2.45, 2.75) is 6.42 Å². The number of aromatic amines is 1. The standard InChI is InChI=1S/C11H16N2O2/c1-13(8-3-5-11(14)15)9-6-10-4-2-7-12-10/h2-5,7,12H,6,8-9H2,1H3,(H,14,15)/b5-3+. The highest BCUT2D eigenvalue weighted by Crippen LogP contribution is 1.97. The van der Waals surface area contributed by atoms with Gasteiger partial charge in [-0.25, -0.2) is 4.79 Å². The van der Waals surface area contributed by atoms with E-state index in [1.54, 1.807) is 6.08 Å². The zero-order valence-corrected chi connectivity index (χ0v) is 8.81. The van der Waals surface area contributed by atoms with Gasteiger partial charge in [-0.3, -0.25) is 0 Å². The van der Waals surface area contributed by atoms with Crippen molar-refractivity contribution < 1.29 is 9.90 Å². The SMILES string of the molecule is CN(C/C=C/C(=O)O)CCc1ccc[nH]1. The third-order valence-electron chi connectivity index (χ3n) is 2.10. The first kappa shape index (κ1) is 11.5. The lowest BCUT2D eigenvalue weighted by molar-refractivity contribution is -0.131. The van der Waals surface area contributed by atoms with Crippen molar-refractivity contribution in [2.75, 3.05) is 20.1 Å². The van der Waals surface area contributed by atoms with Crippen LogP contribution in [0.1, 0.15) is 5.69 Å². The van der Waals surface area contributed by atoms with Crippen LogP contribution >= 0.6 is 0 Å². The van der Waals surface area contributed by atoms with Crippen molar-refractivity contribution in [3.8, 4) is 0 Å². The Labute approximate surface area is 89.2 Å². The van der Waals surface area contributed by atoms with Crippen LogP contribution < -0.4 is 0 Å². The average Bonchev–Trinajstić information content (AvgIpc) is 2.66. The Morgan fingerprint density at radius 2 is 2.47 bits per heavy atom. The lowest BCUT2D eigenvalue weighted by Crippen LogP contribution is -2.21. The first-order valence-corrected chi connectivity index (χ1v) is 4.89. The van der Waals surface area contributed by atoms with Crippen molar-refractivity contribution in [3.63, 3.8) is 0 Å². The van der Waals surface area contributed by atoms with Gasteiger partial charge in [0.2, 0.25) is 0 Å². The van der Waals surface area contributed by atoms with E-state index in [4.69, 9.17) is 5.11 Å². The number of nitrogens with one attached hydrogen (secondary N) is 1. The molecular weight excluding hydrogens is 192 g/mol. The molecule has 0 amide bonds. The molecule has 0 aromatic carbocycles. The number of aliphatic carboxylic acids is 1.